The lowest BCUT2D eigenvalue weighted by molar-refractivity contribution is 0.0684. The first-order valence-electron chi connectivity index (χ1n) is 9.82. The molecule has 0 spiro atoms. The zero-order valence-corrected chi connectivity index (χ0v) is 16.4. The standard InChI is InChI=1S/C23H27NO4/c1-16(2)28-21-10-6-5-9-20(21)22(25)24-13-11-17(12-14-24)15-18-7-3-4-8-19(18)23(26)27/h3-10,16-17H,11-15H2,1-2H3,(H,26,27). The van der Waals surface area contributed by atoms with Crippen LogP contribution in [-0.2, 0) is 6.42 Å². The van der Waals surface area contributed by atoms with Gasteiger partial charge in [0, 0.05) is 13.1 Å². The van der Waals surface area contributed by atoms with Crippen LogP contribution in [0.25, 0.3) is 0 Å². The van der Waals surface area contributed by atoms with Crippen LogP contribution in [0.2, 0.25) is 0 Å². The average Bonchev–Trinajstić information content (AvgIpc) is 2.68. The lowest BCUT2D eigenvalue weighted by Gasteiger charge is -2.32. The maximum Gasteiger partial charge on any atom is 0.335 e. The first kappa shape index (κ1) is 19.9. The Balaban J connectivity index is 1.63. The number of para-hydroxylation sites is 1. The van der Waals surface area contributed by atoms with Gasteiger partial charge in [0.25, 0.3) is 5.91 Å². The van der Waals surface area contributed by atoms with Crippen molar-refractivity contribution in [2.45, 2.75) is 39.2 Å². The zero-order valence-electron chi connectivity index (χ0n) is 16.4. The fourth-order valence-electron chi connectivity index (χ4n) is 3.73. The number of carboxylic acids is 1. The Kier molecular flexibility index (Phi) is 6.34. The normalized spacial score (nSPS) is 14.9. The molecule has 1 N–H and O–H groups in total. The van der Waals surface area contributed by atoms with Gasteiger partial charge < -0.3 is 14.7 Å². The van der Waals surface area contributed by atoms with Gasteiger partial charge in [0.05, 0.1) is 17.2 Å². The zero-order chi connectivity index (χ0) is 20.1. The second-order valence-corrected chi connectivity index (χ2v) is 7.56. The second-order valence-electron chi connectivity index (χ2n) is 7.56. The van der Waals surface area contributed by atoms with Crippen LogP contribution >= 0.6 is 0 Å². The van der Waals surface area contributed by atoms with Gasteiger partial charge in [-0.15, -0.1) is 0 Å². The van der Waals surface area contributed by atoms with Gasteiger partial charge >= 0.3 is 5.97 Å². The van der Waals surface area contributed by atoms with Crippen LogP contribution in [0.4, 0.5) is 0 Å². The van der Waals surface area contributed by atoms with E-state index < -0.39 is 5.97 Å². The third-order valence-electron chi connectivity index (χ3n) is 5.14. The highest BCUT2D eigenvalue weighted by Gasteiger charge is 2.26. The maximum absolute atomic E-state index is 13.0. The molecular weight excluding hydrogens is 354 g/mol. The monoisotopic (exact) mass is 381 g/mol. The SMILES string of the molecule is CC(C)Oc1ccccc1C(=O)N1CCC(Cc2ccccc2C(=O)O)CC1. The molecule has 0 aliphatic carbocycles. The number of piperidine rings is 1. The third-order valence-corrected chi connectivity index (χ3v) is 5.14. The molecule has 5 nitrogen and oxygen atoms in total. The van der Waals surface area contributed by atoms with Crippen LogP contribution in [0.15, 0.2) is 48.5 Å². The maximum atomic E-state index is 13.0. The summed E-state index contributed by atoms with van der Waals surface area (Å²) in [6.45, 7) is 5.24. The number of nitrogens with zero attached hydrogens (tertiary/aromatic N) is 1. The molecule has 0 atom stereocenters. The second kappa shape index (κ2) is 8.91. The number of hydrogen-bond donors (Lipinski definition) is 1. The van der Waals surface area contributed by atoms with Gasteiger partial charge in [0.1, 0.15) is 5.75 Å². The van der Waals surface area contributed by atoms with Crippen molar-refractivity contribution in [3.05, 3.63) is 65.2 Å². The van der Waals surface area contributed by atoms with E-state index in [4.69, 9.17) is 4.74 Å². The fourth-order valence-corrected chi connectivity index (χ4v) is 3.73. The summed E-state index contributed by atoms with van der Waals surface area (Å²) < 4.78 is 5.79. The lowest BCUT2D eigenvalue weighted by atomic mass is 9.88. The van der Waals surface area contributed by atoms with E-state index >= 15 is 0 Å². The van der Waals surface area contributed by atoms with E-state index in [9.17, 15) is 14.7 Å². The van der Waals surface area contributed by atoms with Crippen LogP contribution in [-0.4, -0.2) is 41.1 Å². The van der Waals surface area contributed by atoms with Gasteiger partial charge in [-0.25, -0.2) is 4.79 Å². The molecule has 1 amide bonds. The summed E-state index contributed by atoms with van der Waals surface area (Å²) in [7, 11) is 0. The molecule has 0 aromatic heterocycles. The predicted octanol–water partition coefficient (Wildman–Crippen LogP) is 4.27. The number of amides is 1. The molecule has 148 valence electrons. The largest absolute Gasteiger partial charge is 0.490 e. The highest BCUT2D eigenvalue weighted by atomic mass is 16.5. The van der Waals surface area contributed by atoms with E-state index in [-0.39, 0.29) is 12.0 Å². The van der Waals surface area contributed by atoms with Crippen LogP contribution in [0, 0.1) is 5.92 Å². The third kappa shape index (κ3) is 4.71. The average molecular weight is 381 g/mol. The van der Waals surface area contributed by atoms with Crippen LogP contribution < -0.4 is 4.74 Å². The minimum atomic E-state index is -0.884. The van der Waals surface area contributed by atoms with Gasteiger partial charge in [0.2, 0.25) is 0 Å². The number of rotatable bonds is 6. The molecule has 0 saturated carbocycles. The van der Waals surface area contributed by atoms with Gasteiger partial charge in [-0.3, -0.25) is 4.79 Å². The highest BCUT2D eigenvalue weighted by molar-refractivity contribution is 5.97. The molecule has 0 bridgehead atoms. The highest BCUT2D eigenvalue weighted by Crippen LogP contribution is 2.27. The number of hydrogen-bond acceptors (Lipinski definition) is 3. The number of benzene rings is 2. The van der Waals surface area contributed by atoms with Crippen LogP contribution in [0.1, 0.15) is 53.0 Å². The minimum absolute atomic E-state index is 0.000589. The van der Waals surface area contributed by atoms with Gasteiger partial charge in [-0.05, 0) is 62.8 Å². The van der Waals surface area contributed by atoms with E-state index in [0.717, 1.165) is 24.8 Å². The number of carbonyl (C=O) groups excluding carboxylic acids is 1. The summed E-state index contributed by atoms with van der Waals surface area (Å²) in [5.74, 6) is 0.123. The van der Waals surface area contributed by atoms with Crippen molar-refractivity contribution in [1.82, 2.24) is 4.90 Å². The quantitative estimate of drug-likeness (QED) is 0.812. The molecular formula is C23H27NO4. The summed E-state index contributed by atoms with van der Waals surface area (Å²) >= 11 is 0. The van der Waals surface area contributed by atoms with Crippen molar-refractivity contribution in [3.8, 4) is 5.75 Å². The smallest absolute Gasteiger partial charge is 0.335 e. The van der Waals surface area contributed by atoms with E-state index in [2.05, 4.69) is 0 Å². The lowest BCUT2D eigenvalue weighted by Crippen LogP contribution is -2.39. The first-order valence-corrected chi connectivity index (χ1v) is 9.82. The summed E-state index contributed by atoms with van der Waals surface area (Å²) in [6.07, 6.45) is 2.48. The van der Waals surface area contributed by atoms with Gasteiger partial charge in [0.15, 0.2) is 0 Å². The van der Waals surface area contributed by atoms with Crippen LogP contribution in [0.5, 0.6) is 5.75 Å². The van der Waals surface area contributed by atoms with Crippen molar-refractivity contribution in [2.75, 3.05) is 13.1 Å². The molecule has 1 aliphatic heterocycles. The van der Waals surface area contributed by atoms with Crippen molar-refractivity contribution >= 4 is 11.9 Å². The Labute approximate surface area is 165 Å². The molecule has 5 heteroatoms. The molecule has 0 unspecified atom stereocenters. The van der Waals surface area contributed by atoms with Crippen LogP contribution in [0.3, 0.4) is 0 Å². The molecule has 1 aliphatic rings. The Morgan fingerprint density at radius 1 is 1.04 bits per heavy atom. The summed E-state index contributed by atoms with van der Waals surface area (Å²) in [6, 6.07) is 14.6. The molecule has 1 fully saturated rings. The number of aromatic carboxylic acids is 1. The molecule has 1 heterocycles. The van der Waals surface area contributed by atoms with Gasteiger partial charge in [-0.1, -0.05) is 30.3 Å². The molecule has 2 aromatic carbocycles. The van der Waals surface area contributed by atoms with E-state index in [1.807, 2.05) is 55.1 Å². The van der Waals surface area contributed by atoms with Crippen molar-refractivity contribution in [2.24, 2.45) is 5.92 Å². The summed E-state index contributed by atoms with van der Waals surface area (Å²) in [5, 5.41) is 9.36. The molecule has 28 heavy (non-hydrogen) atoms. The van der Waals surface area contributed by atoms with Gasteiger partial charge in [-0.2, -0.15) is 0 Å². The number of carboxylic acid groups (broad SMARTS) is 1. The van der Waals surface area contributed by atoms with E-state index in [0.29, 0.717) is 35.9 Å². The van der Waals surface area contributed by atoms with Crippen molar-refractivity contribution in [1.29, 1.82) is 0 Å². The Morgan fingerprint density at radius 3 is 2.29 bits per heavy atom. The number of carbonyl (C=O) groups is 2. The number of ether oxygens (including phenoxy) is 1. The van der Waals surface area contributed by atoms with E-state index in [1.54, 1.807) is 12.1 Å². The first-order chi connectivity index (χ1) is 13.5. The van der Waals surface area contributed by atoms with Crippen molar-refractivity contribution in [3.63, 3.8) is 0 Å². The fraction of sp³-hybridized carbons (Fsp3) is 0.391. The molecule has 0 radical (unpaired) electrons. The number of likely N-dealkylation sites (tertiary alicyclic amines) is 1. The topological polar surface area (TPSA) is 66.8 Å². The molecule has 2 aromatic rings. The summed E-state index contributed by atoms with van der Waals surface area (Å²) in [4.78, 5) is 26.3. The molecule has 3 rings (SSSR count). The molecule has 1 saturated heterocycles. The minimum Gasteiger partial charge on any atom is -0.490 e. The van der Waals surface area contributed by atoms with Crippen molar-refractivity contribution < 1.29 is 19.4 Å². The van der Waals surface area contributed by atoms with E-state index in [1.165, 1.54) is 0 Å². The Morgan fingerprint density at radius 2 is 1.64 bits per heavy atom. The predicted molar refractivity (Wildman–Crippen MR) is 108 cm³/mol. The summed E-state index contributed by atoms with van der Waals surface area (Å²) in [5.41, 5.74) is 1.85. The Bertz CT molecular complexity index is 838. The Hall–Kier alpha value is -2.82.